The number of nitrogens with one attached hydrogen (secondary N) is 1. The van der Waals surface area contributed by atoms with E-state index in [9.17, 15) is 14.9 Å². The van der Waals surface area contributed by atoms with E-state index in [4.69, 9.17) is 0 Å². The number of amides is 1. The van der Waals surface area contributed by atoms with Gasteiger partial charge in [-0.2, -0.15) is 0 Å². The zero-order valence-electron chi connectivity index (χ0n) is 16.8. The molecule has 0 spiro atoms. The summed E-state index contributed by atoms with van der Waals surface area (Å²) >= 11 is 0. The van der Waals surface area contributed by atoms with Crippen LogP contribution in [0.25, 0.3) is 0 Å². The molecule has 0 bridgehead atoms. The number of nitrogens with zero attached hydrogens (tertiary/aromatic N) is 2. The summed E-state index contributed by atoms with van der Waals surface area (Å²) in [5, 5.41) is 14.8. The van der Waals surface area contributed by atoms with Crippen LogP contribution in [0, 0.1) is 16.0 Å². The lowest BCUT2D eigenvalue weighted by atomic mass is 9.87. The lowest BCUT2D eigenvalue weighted by Gasteiger charge is -2.31. The van der Waals surface area contributed by atoms with Gasteiger partial charge in [0.15, 0.2) is 0 Å². The first kappa shape index (κ1) is 19.4. The summed E-state index contributed by atoms with van der Waals surface area (Å²) in [5.74, 6) is 0.391. The number of benzene rings is 2. The molecule has 29 heavy (non-hydrogen) atoms. The van der Waals surface area contributed by atoms with Crippen LogP contribution >= 0.6 is 0 Å². The molecule has 1 heterocycles. The maximum absolute atomic E-state index is 12.9. The highest BCUT2D eigenvalue weighted by Gasteiger charge is 2.26. The molecule has 6 heteroatoms. The molecule has 0 aromatic heterocycles. The number of nitro benzene ring substituents is 1. The Labute approximate surface area is 171 Å². The molecule has 6 nitrogen and oxygen atoms in total. The number of anilines is 1. The van der Waals surface area contributed by atoms with Gasteiger partial charge in [-0.05, 0) is 61.3 Å². The van der Waals surface area contributed by atoms with Crippen LogP contribution in [-0.2, 0) is 6.42 Å². The van der Waals surface area contributed by atoms with Gasteiger partial charge in [-0.3, -0.25) is 14.9 Å². The van der Waals surface area contributed by atoms with Crippen LogP contribution in [0.5, 0.6) is 0 Å². The first-order valence-corrected chi connectivity index (χ1v) is 10.4. The smallest absolute Gasteiger partial charge is 0.293 e. The lowest BCUT2D eigenvalue weighted by Crippen LogP contribution is -2.33. The monoisotopic (exact) mass is 393 g/mol. The second-order valence-corrected chi connectivity index (χ2v) is 8.25. The fraction of sp³-hybridized carbons (Fsp3) is 0.435. The Hall–Kier alpha value is -2.89. The van der Waals surface area contributed by atoms with Crippen molar-refractivity contribution in [3.05, 3.63) is 69.3 Å². The molecule has 4 rings (SSSR count). The molecular formula is C23H27N3O3. The third-order valence-electron chi connectivity index (χ3n) is 6.23. The fourth-order valence-corrected chi connectivity index (χ4v) is 4.47. The number of nitro groups is 1. The van der Waals surface area contributed by atoms with E-state index in [2.05, 4.69) is 29.3 Å². The van der Waals surface area contributed by atoms with Crippen molar-refractivity contribution in [1.29, 1.82) is 0 Å². The summed E-state index contributed by atoms with van der Waals surface area (Å²) in [7, 11) is 0. The van der Waals surface area contributed by atoms with Gasteiger partial charge in [0.05, 0.1) is 11.0 Å². The number of piperidine rings is 1. The van der Waals surface area contributed by atoms with E-state index in [1.807, 2.05) is 12.1 Å². The molecule has 1 fully saturated rings. The number of carbonyl (C=O) groups is 1. The molecule has 2 aliphatic rings. The highest BCUT2D eigenvalue weighted by molar-refractivity contribution is 5.96. The van der Waals surface area contributed by atoms with Crippen LogP contribution in [0.2, 0.25) is 0 Å². The minimum atomic E-state index is -0.375. The van der Waals surface area contributed by atoms with E-state index in [0.717, 1.165) is 50.8 Å². The summed E-state index contributed by atoms with van der Waals surface area (Å²) in [6.07, 6.45) is 4.99. The highest BCUT2D eigenvalue weighted by Crippen LogP contribution is 2.33. The molecule has 1 aliphatic carbocycles. The SMILES string of the molecule is CC1CCN(c2ccc(C(=O)NC3CCCc4ccccc43)cc2[N+](=O)[O-])CC1. The van der Waals surface area contributed by atoms with Crippen molar-refractivity contribution in [3.8, 4) is 0 Å². The third kappa shape index (κ3) is 4.11. The standard InChI is InChI=1S/C23H27N3O3/c1-16-11-13-25(14-12-16)21-10-9-18(15-22(21)26(28)29)23(27)24-20-8-4-6-17-5-2-3-7-19(17)20/h2-3,5,7,9-10,15-16,20H,4,6,8,11-14H2,1H3,(H,24,27). The molecule has 2 aromatic rings. The predicted octanol–water partition coefficient (Wildman–Crippen LogP) is 4.64. The molecule has 1 atom stereocenters. The van der Waals surface area contributed by atoms with E-state index in [0.29, 0.717) is 17.2 Å². The Bertz CT molecular complexity index is 919. The van der Waals surface area contributed by atoms with Crippen molar-refractivity contribution in [2.45, 2.75) is 45.1 Å². The van der Waals surface area contributed by atoms with Crippen LogP contribution in [0.1, 0.15) is 60.1 Å². The molecule has 152 valence electrons. The molecule has 2 aromatic carbocycles. The normalized spacial score (nSPS) is 19.5. The largest absolute Gasteiger partial charge is 0.366 e. The summed E-state index contributed by atoms with van der Waals surface area (Å²) in [5.41, 5.74) is 3.39. The summed E-state index contributed by atoms with van der Waals surface area (Å²) in [6, 6.07) is 13.0. The molecule has 1 unspecified atom stereocenters. The summed E-state index contributed by atoms with van der Waals surface area (Å²) in [4.78, 5) is 26.3. The van der Waals surface area contributed by atoms with Gasteiger partial charge in [0, 0.05) is 24.7 Å². The van der Waals surface area contributed by atoms with Crippen molar-refractivity contribution in [3.63, 3.8) is 0 Å². The number of rotatable bonds is 4. The van der Waals surface area contributed by atoms with Crippen LogP contribution < -0.4 is 10.2 Å². The van der Waals surface area contributed by atoms with Gasteiger partial charge < -0.3 is 10.2 Å². The molecule has 1 amide bonds. The average molecular weight is 393 g/mol. The molecule has 1 aliphatic heterocycles. The highest BCUT2D eigenvalue weighted by atomic mass is 16.6. The summed E-state index contributed by atoms with van der Waals surface area (Å²) < 4.78 is 0. The number of hydrogen-bond acceptors (Lipinski definition) is 4. The van der Waals surface area contributed by atoms with Crippen LogP contribution in [0.4, 0.5) is 11.4 Å². The van der Waals surface area contributed by atoms with E-state index in [-0.39, 0.29) is 22.6 Å². The predicted molar refractivity (Wildman–Crippen MR) is 113 cm³/mol. The minimum absolute atomic E-state index is 0.0104. The Morgan fingerprint density at radius 1 is 1.14 bits per heavy atom. The van der Waals surface area contributed by atoms with E-state index < -0.39 is 0 Å². The fourth-order valence-electron chi connectivity index (χ4n) is 4.47. The van der Waals surface area contributed by atoms with Gasteiger partial charge >= 0.3 is 0 Å². The first-order valence-electron chi connectivity index (χ1n) is 10.4. The van der Waals surface area contributed by atoms with E-state index in [1.54, 1.807) is 12.1 Å². The second-order valence-electron chi connectivity index (χ2n) is 8.25. The van der Waals surface area contributed by atoms with Gasteiger partial charge in [0.25, 0.3) is 11.6 Å². The van der Waals surface area contributed by atoms with Crippen LogP contribution in [0.3, 0.4) is 0 Å². The van der Waals surface area contributed by atoms with Gasteiger partial charge in [-0.1, -0.05) is 31.2 Å². The van der Waals surface area contributed by atoms with Crippen LogP contribution in [-0.4, -0.2) is 23.9 Å². The number of aryl methyl sites for hydroxylation is 1. The zero-order chi connectivity index (χ0) is 20.4. The number of hydrogen-bond donors (Lipinski definition) is 1. The average Bonchev–Trinajstić information content (AvgIpc) is 2.74. The Kier molecular flexibility index (Phi) is 5.51. The van der Waals surface area contributed by atoms with Gasteiger partial charge in [0.2, 0.25) is 0 Å². The van der Waals surface area contributed by atoms with E-state index >= 15 is 0 Å². The first-order chi connectivity index (χ1) is 14.0. The Morgan fingerprint density at radius 3 is 2.66 bits per heavy atom. The van der Waals surface area contributed by atoms with E-state index in [1.165, 1.54) is 11.6 Å². The van der Waals surface area contributed by atoms with Crippen LogP contribution in [0.15, 0.2) is 42.5 Å². The van der Waals surface area contributed by atoms with Crippen molar-refractivity contribution < 1.29 is 9.72 Å². The maximum Gasteiger partial charge on any atom is 0.293 e. The Morgan fingerprint density at radius 2 is 1.90 bits per heavy atom. The quantitative estimate of drug-likeness (QED) is 0.607. The maximum atomic E-state index is 12.9. The van der Waals surface area contributed by atoms with Gasteiger partial charge in [-0.15, -0.1) is 0 Å². The van der Waals surface area contributed by atoms with Gasteiger partial charge in [-0.25, -0.2) is 0 Å². The second kappa shape index (κ2) is 8.23. The third-order valence-corrected chi connectivity index (χ3v) is 6.23. The topological polar surface area (TPSA) is 75.5 Å². The lowest BCUT2D eigenvalue weighted by molar-refractivity contribution is -0.384. The Balaban J connectivity index is 1.55. The summed E-state index contributed by atoms with van der Waals surface area (Å²) in [6.45, 7) is 3.83. The molecule has 0 radical (unpaired) electrons. The van der Waals surface area contributed by atoms with Crippen molar-refractivity contribution in [1.82, 2.24) is 5.32 Å². The molecule has 1 saturated heterocycles. The number of carbonyl (C=O) groups excluding carboxylic acids is 1. The molecule has 1 N–H and O–H groups in total. The number of fused-ring (bicyclic) bond motifs is 1. The zero-order valence-corrected chi connectivity index (χ0v) is 16.8. The molecule has 0 saturated carbocycles. The van der Waals surface area contributed by atoms with Crippen molar-refractivity contribution in [2.75, 3.05) is 18.0 Å². The van der Waals surface area contributed by atoms with Crippen molar-refractivity contribution in [2.24, 2.45) is 5.92 Å². The van der Waals surface area contributed by atoms with Crippen molar-refractivity contribution >= 4 is 17.3 Å². The molecular weight excluding hydrogens is 366 g/mol. The van der Waals surface area contributed by atoms with Gasteiger partial charge in [0.1, 0.15) is 5.69 Å². The minimum Gasteiger partial charge on any atom is -0.366 e.